The molecule has 6 nitrogen and oxygen atoms in total. The van der Waals surface area contributed by atoms with Gasteiger partial charge in [0.25, 0.3) is 5.91 Å². The van der Waals surface area contributed by atoms with Crippen LogP contribution in [0.1, 0.15) is 36.0 Å². The Morgan fingerprint density at radius 2 is 1.88 bits per heavy atom. The predicted octanol–water partition coefficient (Wildman–Crippen LogP) is 2.80. The Morgan fingerprint density at radius 3 is 2.54 bits per heavy atom. The summed E-state index contributed by atoms with van der Waals surface area (Å²) in [5, 5.41) is 3.10. The van der Waals surface area contributed by atoms with Crippen LogP contribution in [0.2, 0.25) is 0 Å². The number of aromatic nitrogens is 2. The Kier molecular flexibility index (Phi) is 5.65. The first-order chi connectivity index (χ1) is 12.5. The van der Waals surface area contributed by atoms with E-state index in [1.165, 1.54) is 0 Å². The van der Waals surface area contributed by atoms with E-state index in [0.29, 0.717) is 5.56 Å². The first kappa shape index (κ1) is 18.1. The summed E-state index contributed by atoms with van der Waals surface area (Å²) in [6.07, 6.45) is 5.42. The number of nitrogens with one attached hydrogen (secondary N) is 1. The van der Waals surface area contributed by atoms with Crippen LogP contribution in [0.4, 0.5) is 10.1 Å². The lowest BCUT2D eigenvalue weighted by molar-refractivity contribution is 0.0885. The lowest BCUT2D eigenvalue weighted by atomic mass is 9.92. The normalized spacial score (nSPS) is 19.7. The number of ether oxygens (including phenoxy) is 1. The van der Waals surface area contributed by atoms with Crippen molar-refractivity contribution < 1.29 is 13.9 Å². The molecular weight excluding hydrogens is 335 g/mol. The van der Waals surface area contributed by atoms with Crippen LogP contribution in [0, 0.1) is 5.82 Å². The fourth-order valence-electron chi connectivity index (χ4n) is 3.03. The van der Waals surface area contributed by atoms with Crippen molar-refractivity contribution in [3.63, 3.8) is 0 Å². The standard InChI is InChI=1S/C19H23FN4O2/c1-24(2)16-5-3-4-13(10-16)18(25)23-15-6-8-17(9-7-15)26-19-21-11-14(20)12-22-19/h3-5,10-12,15,17H,6-9H2,1-2H3,(H,23,25). The van der Waals surface area contributed by atoms with Crippen molar-refractivity contribution in [3.8, 4) is 6.01 Å². The summed E-state index contributed by atoms with van der Waals surface area (Å²) in [6, 6.07) is 7.88. The number of rotatable bonds is 5. The van der Waals surface area contributed by atoms with Crippen LogP contribution in [0.15, 0.2) is 36.7 Å². The number of amides is 1. The van der Waals surface area contributed by atoms with Gasteiger partial charge in [-0.25, -0.2) is 14.4 Å². The van der Waals surface area contributed by atoms with Crippen LogP contribution in [0.25, 0.3) is 0 Å². The molecule has 1 aliphatic rings. The molecule has 7 heteroatoms. The van der Waals surface area contributed by atoms with Crippen molar-refractivity contribution >= 4 is 11.6 Å². The maximum Gasteiger partial charge on any atom is 0.316 e. The molecule has 1 heterocycles. The third-order valence-corrected chi connectivity index (χ3v) is 4.50. The smallest absolute Gasteiger partial charge is 0.316 e. The number of hydrogen-bond donors (Lipinski definition) is 1. The van der Waals surface area contributed by atoms with Gasteiger partial charge in [-0.05, 0) is 43.9 Å². The summed E-state index contributed by atoms with van der Waals surface area (Å²) in [4.78, 5) is 22.1. The molecule has 1 saturated carbocycles. The Labute approximate surface area is 152 Å². The Balaban J connectivity index is 1.49. The number of halogens is 1. The maximum absolute atomic E-state index is 12.8. The lowest BCUT2D eigenvalue weighted by Crippen LogP contribution is -2.39. The minimum absolute atomic E-state index is 0.00863. The first-order valence-electron chi connectivity index (χ1n) is 8.73. The zero-order valence-corrected chi connectivity index (χ0v) is 15.0. The highest BCUT2D eigenvalue weighted by molar-refractivity contribution is 5.95. The van der Waals surface area contributed by atoms with Gasteiger partial charge in [0.1, 0.15) is 6.10 Å². The largest absolute Gasteiger partial charge is 0.460 e. The summed E-state index contributed by atoms with van der Waals surface area (Å²) in [5.41, 5.74) is 1.66. The molecule has 3 rings (SSSR count). The van der Waals surface area contributed by atoms with Crippen LogP contribution in [0.3, 0.4) is 0 Å². The molecule has 2 aromatic rings. The van der Waals surface area contributed by atoms with Crippen LogP contribution in [-0.4, -0.2) is 42.1 Å². The van der Waals surface area contributed by atoms with Gasteiger partial charge in [-0.3, -0.25) is 4.79 Å². The SMILES string of the molecule is CN(C)c1cccc(C(=O)NC2CCC(Oc3ncc(F)cn3)CC2)c1. The van der Waals surface area contributed by atoms with Gasteiger partial charge >= 0.3 is 6.01 Å². The summed E-state index contributed by atoms with van der Waals surface area (Å²) < 4.78 is 18.5. The van der Waals surface area contributed by atoms with Gasteiger partial charge in [0.05, 0.1) is 12.4 Å². The first-order valence-corrected chi connectivity index (χ1v) is 8.73. The summed E-state index contributed by atoms with van der Waals surface area (Å²) in [7, 11) is 3.90. The molecule has 1 fully saturated rings. The average molecular weight is 358 g/mol. The molecule has 0 saturated heterocycles. The zero-order valence-electron chi connectivity index (χ0n) is 15.0. The predicted molar refractivity (Wildman–Crippen MR) is 96.9 cm³/mol. The molecule has 1 N–H and O–H groups in total. The number of nitrogens with zero attached hydrogens (tertiary/aromatic N) is 3. The van der Waals surface area contributed by atoms with Gasteiger partial charge in [0.15, 0.2) is 5.82 Å². The zero-order chi connectivity index (χ0) is 18.5. The maximum atomic E-state index is 12.8. The number of anilines is 1. The van der Waals surface area contributed by atoms with E-state index in [2.05, 4.69) is 15.3 Å². The molecule has 1 aromatic heterocycles. The van der Waals surface area contributed by atoms with Crippen LogP contribution in [0.5, 0.6) is 6.01 Å². The van der Waals surface area contributed by atoms with Gasteiger partial charge in [-0.1, -0.05) is 6.07 Å². The molecule has 1 aromatic carbocycles. The number of benzene rings is 1. The lowest BCUT2D eigenvalue weighted by Gasteiger charge is -2.29. The fourth-order valence-corrected chi connectivity index (χ4v) is 3.03. The van der Waals surface area contributed by atoms with Crippen molar-refractivity contribution in [2.75, 3.05) is 19.0 Å². The molecule has 138 valence electrons. The second kappa shape index (κ2) is 8.12. The molecular formula is C19H23FN4O2. The van der Waals surface area contributed by atoms with E-state index in [4.69, 9.17) is 4.74 Å². The molecule has 0 aliphatic heterocycles. The van der Waals surface area contributed by atoms with Crippen molar-refractivity contribution in [2.45, 2.75) is 37.8 Å². The Hall–Kier alpha value is -2.70. The molecule has 26 heavy (non-hydrogen) atoms. The van der Waals surface area contributed by atoms with Gasteiger partial charge < -0.3 is 15.0 Å². The van der Waals surface area contributed by atoms with E-state index < -0.39 is 5.82 Å². The van der Waals surface area contributed by atoms with Crippen LogP contribution < -0.4 is 15.0 Å². The van der Waals surface area contributed by atoms with Crippen molar-refractivity contribution in [2.24, 2.45) is 0 Å². The molecule has 0 spiro atoms. The monoisotopic (exact) mass is 358 g/mol. The Bertz CT molecular complexity index is 743. The summed E-state index contributed by atoms with van der Waals surface area (Å²) >= 11 is 0. The average Bonchev–Trinajstić information content (AvgIpc) is 2.65. The highest BCUT2D eigenvalue weighted by Gasteiger charge is 2.24. The summed E-state index contributed by atoms with van der Waals surface area (Å²) in [6.45, 7) is 0. The third-order valence-electron chi connectivity index (χ3n) is 4.50. The van der Waals surface area contributed by atoms with Crippen molar-refractivity contribution in [3.05, 3.63) is 48.0 Å². The number of carbonyl (C=O) groups excluding carboxylic acids is 1. The molecule has 1 amide bonds. The second-order valence-corrected chi connectivity index (χ2v) is 6.69. The molecule has 0 radical (unpaired) electrons. The van der Waals surface area contributed by atoms with Crippen LogP contribution in [-0.2, 0) is 0 Å². The molecule has 0 atom stereocenters. The van der Waals surface area contributed by atoms with E-state index in [-0.39, 0.29) is 24.1 Å². The quantitative estimate of drug-likeness (QED) is 0.890. The van der Waals surface area contributed by atoms with E-state index in [1.807, 2.05) is 43.3 Å². The van der Waals surface area contributed by atoms with E-state index in [1.54, 1.807) is 0 Å². The minimum Gasteiger partial charge on any atom is -0.460 e. The topological polar surface area (TPSA) is 67.4 Å². The molecule has 1 aliphatic carbocycles. The van der Waals surface area contributed by atoms with Gasteiger partial charge in [-0.15, -0.1) is 0 Å². The van der Waals surface area contributed by atoms with E-state index >= 15 is 0 Å². The number of carbonyl (C=O) groups is 1. The Morgan fingerprint density at radius 1 is 1.19 bits per heavy atom. The second-order valence-electron chi connectivity index (χ2n) is 6.69. The van der Waals surface area contributed by atoms with E-state index in [9.17, 15) is 9.18 Å². The van der Waals surface area contributed by atoms with Gasteiger partial charge in [0, 0.05) is 31.4 Å². The highest BCUT2D eigenvalue weighted by Crippen LogP contribution is 2.23. The van der Waals surface area contributed by atoms with Crippen LogP contribution >= 0.6 is 0 Å². The van der Waals surface area contributed by atoms with E-state index in [0.717, 1.165) is 43.8 Å². The third kappa shape index (κ3) is 4.68. The number of hydrogen-bond acceptors (Lipinski definition) is 5. The van der Waals surface area contributed by atoms with Gasteiger partial charge in [-0.2, -0.15) is 0 Å². The highest BCUT2D eigenvalue weighted by atomic mass is 19.1. The summed E-state index contributed by atoms with van der Waals surface area (Å²) in [5.74, 6) is -0.540. The minimum atomic E-state index is -0.484. The van der Waals surface area contributed by atoms with Crippen molar-refractivity contribution in [1.82, 2.24) is 15.3 Å². The fraction of sp³-hybridized carbons (Fsp3) is 0.421. The molecule has 0 bridgehead atoms. The molecule has 0 unspecified atom stereocenters. The van der Waals surface area contributed by atoms with Gasteiger partial charge in [0.2, 0.25) is 0 Å². The van der Waals surface area contributed by atoms with Crippen molar-refractivity contribution in [1.29, 1.82) is 0 Å².